The Morgan fingerprint density at radius 2 is 1.74 bits per heavy atom. The molecule has 0 radical (unpaired) electrons. The molecule has 3 heteroatoms. The molecule has 1 aliphatic rings. The van der Waals surface area contributed by atoms with Crippen LogP contribution in [0.3, 0.4) is 0 Å². The minimum atomic E-state index is -1.15. The first-order chi connectivity index (χ1) is 12.5. The molecule has 0 bridgehead atoms. The van der Waals surface area contributed by atoms with E-state index >= 15 is 0 Å². The van der Waals surface area contributed by atoms with Crippen molar-refractivity contribution in [2.45, 2.75) is 59.0 Å². The van der Waals surface area contributed by atoms with Crippen molar-refractivity contribution in [3.8, 4) is 5.75 Å². The van der Waals surface area contributed by atoms with E-state index in [1.165, 1.54) is 16.7 Å². The number of carboxylic acids is 1. The molecule has 2 aromatic carbocycles. The highest BCUT2D eigenvalue weighted by Crippen LogP contribution is 2.46. The summed E-state index contributed by atoms with van der Waals surface area (Å²) < 4.78 is 6.24. The van der Waals surface area contributed by atoms with Gasteiger partial charge >= 0.3 is 0 Å². The number of hydrogen-bond donors (Lipinski definition) is 0. The first-order valence-corrected chi connectivity index (χ1v) is 9.33. The fraction of sp³-hybridized carbons (Fsp3) is 0.375. The van der Waals surface area contributed by atoms with Gasteiger partial charge in [0, 0.05) is 5.56 Å². The summed E-state index contributed by atoms with van der Waals surface area (Å²) in [4.78, 5) is 10.9. The summed E-state index contributed by atoms with van der Waals surface area (Å²) in [6, 6.07) is 11.2. The van der Waals surface area contributed by atoms with Crippen molar-refractivity contribution in [1.29, 1.82) is 0 Å². The normalized spacial score (nSPS) is 17.8. The first-order valence-electron chi connectivity index (χ1n) is 9.33. The van der Waals surface area contributed by atoms with Crippen LogP contribution in [0.25, 0.3) is 11.6 Å². The molecule has 27 heavy (non-hydrogen) atoms. The number of carboxylic acid groups (broad SMARTS) is 1. The Morgan fingerprint density at radius 3 is 2.33 bits per heavy atom. The molecule has 1 heterocycles. The molecule has 0 saturated heterocycles. The van der Waals surface area contributed by atoms with Gasteiger partial charge in [-0.1, -0.05) is 44.2 Å². The molecule has 3 rings (SSSR count). The number of carbonyl (C=O) groups excluding carboxylic acids is 1. The van der Waals surface area contributed by atoms with E-state index in [9.17, 15) is 9.90 Å². The molecule has 0 fully saturated rings. The fourth-order valence-corrected chi connectivity index (χ4v) is 4.26. The third-order valence-corrected chi connectivity index (χ3v) is 5.26. The number of aromatic carboxylic acids is 1. The quantitative estimate of drug-likeness (QED) is 0.739. The zero-order valence-electron chi connectivity index (χ0n) is 17.0. The Hall–Kier alpha value is -2.55. The number of aryl methyl sites for hydroxylation is 1. The molecule has 0 N–H and O–H groups in total. The maximum absolute atomic E-state index is 10.9. The second kappa shape index (κ2) is 6.56. The van der Waals surface area contributed by atoms with E-state index in [2.05, 4.69) is 59.8 Å². The third-order valence-electron chi connectivity index (χ3n) is 5.26. The summed E-state index contributed by atoms with van der Waals surface area (Å²) in [5, 5.41) is 10.9. The van der Waals surface area contributed by atoms with Gasteiger partial charge in [-0.15, -0.1) is 0 Å². The SMILES string of the molecule is C/C(=C\c1ccc(C(=O)[O-])cc1)c1cc2c(cc1C)OC(C)(C)CC2(C)C. The zero-order chi connectivity index (χ0) is 20.0. The standard InChI is InChI=1S/C24H28O3/c1-15(11-17-7-9-18(10-8-17)22(25)26)19-13-20-21(12-16(19)2)27-24(5,6)14-23(20,3)4/h7-13H,14H2,1-6H3,(H,25,26)/p-1/b15-11+. The highest BCUT2D eigenvalue weighted by molar-refractivity contribution is 5.87. The van der Waals surface area contributed by atoms with Crippen LogP contribution < -0.4 is 9.84 Å². The number of carbonyl (C=O) groups is 1. The Labute approximate surface area is 161 Å². The Balaban J connectivity index is 2.01. The van der Waals surface area contributed by atoms with Crippen LogP contribution in [0.2, 0.25) is 0 Å². The summed E-state index contributed by atoms with van der Waals surface area (Å²) in [5.74, 6) is -0.179. The minimum absolute atomic E-state index is 0.0376. The van der Waals surface area contributed by atoms with Crippen LogP contribution in [-0.4, -0.2) is 11.6 Å². The average Bonchev–Trinajstić information content (AvgIpc) is 2.52. The van der Waals surface area contributed by atoms with Crippen molar-refractivity contribution >= 4 is 17.6 Å². The maximum Gasteiger partial charge on any atom is 0.124 e. The Morgan fingerprint density at radius 1 is 1.11 bits per heavy atom. The Kier molecular flexibility index (Phi) is 4.67. The second-order valence-corrected chi connectivity index (χ2v) is 8.82. The lowest BCUT2D eigenvalue weighted by Gasteiger charge is -2.43. The third kappa shape index (κ3) is 3.92. The van der Waals surface area contributed by atoms with E-state index in [1.807, 2.05) is 0 Å². The lowest BCUT2D eigenvalue weighted by molar-refractivity contribution is -0.255. The second-order valence-electron chi connectivity index (χ2n) is 8.82. The lowest BCUT2D eigenvalue weighted by Crippen LogP contribution is -2.41. The molecule has 2 aromatic rings. The van der Waals surface area contributed by atoms with Crippen LogP contribution in [0.15, 0.2) is 36.4 Å². The van der Waals surface area contributed by atoms with E-state index in [0.29, 0.717) is 0 Å². The predicted octanol–water partition coefficient (Wildman–Crippen LogP) is 4.76. The van der Waals surface area contributed by atoms with Gasteiger partial charge < -0.3 is 14.6 Å². The van der Waals surface area contributed by atoms with Crippen molar-refractivity contribution in [2.75, 3.05) is 0 Å². The van der Waals surface area contributed by atoms with Gasteiger partial charge in [0.15, 0.2) is 0 Å². The summed E-state index contributed by atoms with van der Waals surface area (Å²) >= 11 is 0. The predicted molar refractivity (Wildman–Crippen MR) is 108 cm³/mol. The van der Waals surface area contributed by atoms with Gasteiger partial charge in [-0.05, 0) is 79.5 Å². The number of allylic oxidation sites excluding steroid dienone is 1. The number of hydrogen-bond acceptors (Lipinski definition) is 3. The van der Waals surface area contributed by atoms with Crippen molar-refractivity contribution in [3.05, 3.63) is 64.2 Å². The van der Waals surface area contributed by atoms with E-state index < -0.39 is 5.97 Å². The van der Waals surface area contributed by atoms with Gasteiger partial charge in [0.05, 0.1) is 5.97 Å². The number of benzene rings is 2. The Bertz CT molecular complexity index is 915. The van der Waals surface area contributed by atoms with Gasteiger partial charge in [0.2, 0.25) is 0 Å². The molecule has 0 atom stereocenters. The first kappa shape index (κ1) is 19.2. The van der Waals surface area contributed by atoms with E-state index in [1.54, 1.807) is 24.3 Å². The van der Waals surface area contributed by atoms with Gasteiger partial charge in [0.25, 0.3) is 0 Å². The van der Waals surface area contributed by atoms with E-state index in [0.717, 1.165) is 23.3 Å². The van der Waals surface area contributed by atoms with Gasteiger partial charge in [-0.2, -0.15) is 0 Å². The molecule has 0 spiro atoms. The number of ether oxygens (including phenoxy) is 1. The van der Waals surface area contributed by atoms with Gasteiger partial charge in [-0.25, -0.2) is 0 Å². The fourth-order valence-electron chi connectivity index (χ4n) is 4.26. The molecular formula is C24H27O3-. The lowest BCUT2D eigenvalue weighted by atomic mass is 9.72. The molecule has 0 amide bonds. The maximum atomic E-state index is 10.9. The van der Waals surface area contributed by atoms with Crippen LogP contribution in [0.4, 0.5) is 0 Å². The van der Waals surface area contributed by atoms with Crippen LogP contribution >= 0.6 is 0 Å². The summed E-state index contributed by atoms with van der Waals surface area (Å²) in [7, 11) is 0. The zero-order valence-corrected chi connectivity index (χ0v) is 17.0. The largest absolute Gasteiger partial charge is 0.545 e. The van der Waals surface area contributed by atoms with Crippen molar-refractivity contribution < 1.29 is 14.6 Å². The summed E-state index contributed by atoms with van der Waals surface area (Å²) in [5.41, 5.74) is 5.75. The number of rotatable bonds is 3. The average molecular weight is 363 g/mol. The van der Waals surface area contributed by atoms with Gasteiger partial charge in [0.1, 0.15) is 11.4 Å². The molecule has 0 unspecified atom stereocenters. The van der Waals surface area contributed by atoms with Crippen LogP contribution in [0.1, 0.15) is 73.7 Å². The van der Waals surface area contributed by atoms with Crippen LogP contribution in [-0.2, 0) is 5.41 Å². The minimum Gasteiger partial charge on any atom is -0.545 e. The van der Waals surface area contributed by atoms with Crippen molar-refractivity contribution in [1.82, 2.24) is 0 Å². The van der Waals surface area contributed by atoms with Gasteiger partial charge in [-0.3, -0.25) is 0 Å². The molecule has 0 aromatic heterocycles. The molecule has 1 aliphatic heterocycles. The summed E-state index contributed by atoms with van der Waals surface area (Å²) in [6.45, 7) is 13.0. The molecule has 0 aliphatic carbocycles. The molecule has 0 saturated carbocycles. The van der Waals surface area contributed by atoms with E-state index in [4.69, 9.17) is 4.74 Å². The number of fused-ring (bicyclic) bond motifs is 1. The molecular weight excluding hydrogens is 336 g/mol. The highest BCUT2D eigenvalue weighted by Gasteiger charge is 2.39. The topological polar surface area (TPSA) is 49.4 Å². The van der Waals surface area contributed by atoms with Crippen LogP contribution in [0, 0.1) is 6.92 Å². The van der Waals surface area contributed by atoms with Crippen molar-refractivity contribution in [2.24, 2.45) is 0 Å². The van der Waals surface area contributed by atoms with E-state index in [-0.39, 0.29) is 16.6 Å². The molecule has 142 valence electrons. The highest BCUT2D eigenvalue weighted by atomic mass is 16.5. The smallest absolute Gasteiger partial charge is 0.124 e. The monoisotopic (exact) mass is 363 g/mol. The van der Waals surface area contributed by atoms with Crippen molar-refractivity contribution in [3.63, 3.8) is 0 Å². The summed E-state index contributed by atoms with van der Waals surface area (Å²) in [6.07, 6.45) is 3.04. The van der Waals surface area contributed by atoms with Crippen LogP contribution in [0.5, 0.6) is 5.75 Å². The molecule has 3 nitrogen and oxygen atoms in total.